The number of nitrogens with one attached hydrogen (secondary N) is 1. The minimum atomic E-state index is 0.377. The first-order valence-electron chi connectivity index (χ1n) is 6.68. The van der Waals surface area contributed by atoms with Crippen LogP contribution in [0.2, 0.25) is 0 Å². The van der Waals surface area contributed by atoms with Gasteiger partial charge in [-0.3, -0.25) is 0 Å². The normalized spacial score (nSPS) is 12.2. The van der Waals surface area contributed by atoms with Crippen LogP contribution in [0.3, 0.4) is 0 Å². The maximum atomic E-state index is 5.39. The summed E-state index contributed by atoms with van der Waals surface area (Å²) in [4.78, 5) is 0. The molecule has 1 unspecified atom stereocenters. The van der Waals surface area contributed by atoms with Crippen molar-refractivity contribution in [2.75, 3.05) is 27.9 Å². The molecule has 0 aliphatic heterocycles. The molecule has 0 radical (unpaired) electrons. The fourth-order valence-electron chi connectivity index (χ4n) is 2.05. The number of ether oxygens (including phenoxy) is 3. The lowest BCUT2D eigenvalue weighted by atomic mass is 10.1. The molecule has 1 aromatic rings. The molecule has 0 spiro atoms. The van der Waals surface area contributed by atoms with Gasteiger partial charge in [-0.05, 0) is 12.5 Å². The second-order valence-corrected chi connectivity index (χ2v) is 4.50. The summed E-state index contributed by atoms with van der Waals surface area (Å²) in [6.07, 6.45) is 2.24. The Balaban J connectivity index is 2.64. The van der Waals surface area contributed by atoms with Crippen LogP contribution < -0.4 is 14.8 Å². The molecule has 0 aliphatic rings. The van der Waals surface area contributed by atoms with Crippen LogP contribution in [-0.4, -0.2) is 34.0 Å². The quantitative estimate of drug-likeness (QED) is 0.746. The van der Waals surface area contributed by atoms with Crippen LogP contribution in [0.5, 0.6) is 11.5 Å². The van der Waals surface area contributed by atoms with E-state index in [0.29, 0.717) is 6.04 Å². The molecule has 0 saturated heterocycles. The van der Waals surface area contributed by atoms with E-state index in [4.69, 9.17) is 14.2 Å². The van der Waals surface area contributed by atoms with Gasteiger partial charge in [-0.1, -0.05) is 19.4 Å². The van der Waals surface area contributed by atoms with Crippen molar-refractivity contribution in [2.24, 2.45) is 0 Å². The Morgan fingerprint density at radius 3 is 2.53 bits per heavy atom. The Kier molecular flexibility index (Phi) is 7.30. The van der Waals surface area contributed by atoms with Gasteiger partial charge in [0.05, 0.1) is 20.8 Å². The summed E-state index contributed by atoms with van der Waals surface area (Å²) >= 11 is 0. The molecule has 1 aromatic carbocycles. The molecular weight excluding hydrogens is 242 g/mol. The maximum Gasteiger partial charge on any atom is 0.127 e. The van der Waals surface area contributed by atoms with Crippen molar-refractivity contribution in [3.05, 3.63) is 23.8 Å². The fraction of sp³-hybridized carbons (Fsp3) is 0.600. The van der Waals surface area contributed by atoms with Gasteiger partial charge < -0.3 is 19.5 Å². The third-order valence-corrected chi connectivity index (χ3v) is 3.08. The predicted octanol–water partition coefficient (Wildman–Crippen LogP) is 2.61. The molecule has 108 valence electrons. The molecule has 1 N–H and O–H groups in total. The Morgan fingerprint density at radius 1 is 1.16 bits per heavy atom. The molecule has 0 aliphatic carbocycles. The second kappa shape index (κ2) is 8.77. The lowest BCUT2D eigenvalue weighted by Crippen LogP contribution is -2.32. The summed E-state index contributed by atoms with van der Waals surface area (Å²) in [7, 11) is 5.07. The molecular formula is C15H25NO3. The predicted molar refractivity (Wildman–Crippen MR) is 77.0 cm³/mol. The average molecular weight is 267 g/mol. The Bertz CT molecular complexity index is 362. The molecule has 19 heavy (non-hydrogen) atoms. The van der Waals surface area contributed by atoms with Crippen LogP contribution >= 0.6 is 0 Å². The zero-order valence-electron chi connectivity index (χ0n) is 12.4. The number of methoxy groups -OCH3 is 3. The van der Waals surface area contributed by atoms with Crippen molar-refractivity contribution in [1.29, 1.82) is 0 Å². The van der Waals surface area contributed by atoms with E-state index in [1.807, 2.05) is 18.2 Å². The second-order valence-electron chi connectivity index (χ2n) is 4.50. The van der Waals surface area contributed by atoms with Gasteiger partial charge in [-0.25, -0.2) is 0 Å². The van der Waals surface area contributed by atoms with Crippen molar-refractivity contribution in [3.8, 4) is 11.5 Å². The van der Waals surface area contributed by atoms with Crippen LogP contribution in [0.4, 0.5) is 0 Å². The lowest BCUT2D eigenvalue weighted by molar-refractivity contribution is 0.161. The molecule has 0 fully saturated rings. The monoisotopic (exact) mass is 267 g/mol. The van der Waals surface area contributed by atoms with Crippen molar-refractivity contribution >= 4 is 0 Å². The van der Waals surface area contributed by atoms with Crippen molar-refractivity contribution in [1.82, 2.24) is 5.32 Å². The van der Waals surface area contributed by atoms with E-state index < -0.39 is 0 Å². The van der Waals surface area contributed by atoms with Gasteiger partial charge in [0, 0.05) is 31.3 Å². The minimum absolute atomic E-state index is 0.377. The van der Waals surface area contributed by atoms with E-state index in [1.54, 1.807) is 21.3 Å². The summed E-state index contributed by atoms with van der Waals surface area (Å²) in [5, 5.41) is 3.50. The van der Waals surface area contributed by atoms with Crippen LogP contribution in [0.25, 0.3) is 0 Å². The Hall–Kier alpha value is -1.26. The first-order valence-corrected chi connectivity index (χ1v) is 6.68. The van der Waals surface area contributed by atoms with Gasteiger partial charge in [0.25, 0.3) is 0 Å². The highest BCUT2D eigenvalue weighted by Crippen LogP contribution is 2.24. The standard InChI is InChI=1S/C15H25NO3/c1-5-6-13(11-17-2)16-10-12-7-8-14(18-3)9-15(12)19-4/h7-9,13,16H,5-6,10-11H2,1-4H3. The Labute approximate surface area is 116 Å². The summed E-state index contributed by atoms with van der Waals surface area (Å²) < 4.78 is 15.8. The topological polar surface area (TPSA) is 39.7 Å². The number of hydrogen-bond donors (Lipinski definition) is 1. The highest BCUT2D eigenvalue weighted by molar-refractivity contribution is 5.40. The molecule has 0 heterocycles. The van der Waals surface area contributed by atoms with E-state index in [1.165, 1.54) is 0 Å². The molecule has 4 nitrogen and oxygen atoms in total. The first-order chi connectivity index (χ1) is 9.24. The number of benzene rings is 1. The van der Waals surface area contributed by atoms with Crippen LogP contribution in [0.15, 0.2) is 18.2 Å². The summed E-state index contributed by atoms with van der Waals surface area (Å²) in [5.41, 5.74) is 1.13. The fourth-order valence-corrected chi connectivity index (χ4v) is 2.05. The molecule has 1 atom stereocenters. The SMILES string of the molecule is CCCC(COC)NCc1ccc(OC)cc1OC. The molecule has 1 rings (SSSR count). The van der Waals surface area contributed by atoms with Gasteiger partial charge in [-0.15, -0.1) is 0 Å². The number of rotatable bonds is 9. The van der Waals surface area contributed by atoms with E-state index in [-0.39, 0.29) is 0 Å². The van der Waals surface area contributed by atoms with Gasteiger partial charge >= 0.3 is 0 Å². The van der Waals surface area contributed by atoms with Gasteiger partial charge in [0.2, 0.25) is 0 Å². The Morgan fingerprint density at radius 2 is 1.95 bits per heavy atom. The third kappa shape index (κ3) is 5.09. The van der Waals surface area contributed by atoms with E-state index in [9.17, 15) is 0 Å². The maximum absolute atomic E-state index is 5.39. The van der Waals surface area contributed by atoms with Crippen molar-refractivity contribution in [2.45, 2.75) is 32.4 Å². The summed E-state index contributed by atoms with van der Waals surface area (Å²) in [6.45, 7) is 3.67. The van der Waals surface area contributed by atoms with Crippen LogP contribution in [0.1, 0.15) is 25.3 Å². The van der Waals surface area contributed by atoms with E-state index in [0.717, 1.165) is 43.1 Å². The van der Waals surface area contributed by atoms with Crippen LogP contribution in [-0.2, 0) is 11.3 Å². The minimum Gasteiger partial charge on any atom is -0.497 e. The van der Waals surface area contributed by atoms with Gasteiger partial charge in [-0.2, -0.15) is 0 Å². The zero-order chi connectivity index (χ0) is 14.1. The van der Waals surface area contributed by atoms with E-state index in [2.05, 4.69) is 12.2 Å². The zero-order valence-corrected chi connectivity index (χ0v) is 12.4. The van der Waals surface area contributed by atoms with Crippen molar-refractivity contribution in [3.63, 3.8) is 0 Å². The van der Waals surface area contributed by atoms with E-state index >= 15 is 0 Å². The van der Waals surface area contributed by atoms with Gasteiger partial charge in [0.15, 0.2) is 0 Å². The molecule has 0 aromatic heterocycles. The summed E-state index contributed by atoms with van der Waals surface area (Å²) in [6, 6.07) is 6.26. The largest absolute Gasteiger partial charge is 0.497 e. The average Bonchev–Trinajstić information content (AvgIpc) is 2.45. The molecule has 0 saturated carbocycles. The van der Waals surface area contributed by atoms with Gasteiger partial charge in [0.1, 0.15) is 11.5 Å². The lowest BCUT2D eigenvalue weighted by Gasteiger charge is -2.18. The summed E-state index contributed by atoms with van der Waals surface area (Å²) in [5.74, 6) is 1.65. The third-order valence-electron chi connectivity index (χ3n) is 3.08. The molecule has 4 heteroatoms. The highest BCUT2D eigenvalue weighted by Gasteiger charge is 2.09. The van der Waals surface area contributed by atoms with Crippen LogP contribution in [0, 0.1) is 0 Å². The number of hydrogen-bond acceptors (Lipinski definition) is 4. The molecule has 0 amide bonds. The van der Waals surface area contributed by atoms with Crippen molar-refractivity contribution < 1.29 is 14.2 Å². The first kappa shape index (κ1) is 15.8. The smallest absolute Gasteiger partial charge is 0.127 e. The highest BCUT2D eigenvalue weighted by atomic mass is 16.5. The molecule has 0 bridgehead atoms.